The molecule has 0 heterocycles. The predicted molar refractivity (Wildman–Crippen MR) is 20.6 cm³/mol. The van der Waals surface area contributed by atoms with Gasteiger partial charge in [0.25, 0.3) is 0 Å². The van der Waals surface area contributed by atoms with Crippen molar-refractivity contribution in [3.8, 4) is 0 Å². The molecule has 0 unspecified atom stereocenters. The molecule has 0 aromatic heterocycles. The Kier molecular flexibility index (Phi) is 117. The van der Waals surface area contributed by atoms with E-state index in [1.807, 2.05) is 0 Å². The summed E-state index contributed by atoms with van der Waals surface area (Å²) in [5.41, 5.74) is 0. The summed E-state index contributed by atoms with van der Waals surface area (Å²) in [7, 11) is 4.45. The van der Waals surface area contributed by atoms with Gasteiger partial charge in [-0.3, -0.25) is 0 Å². The zero-order chi connectivity index (χ0) is 4.00. The van der Waals surface area contributed by atoms with Crippen LogP contribution in [0.2, 0.25) is 0 Å². The Bertz CT molecular complexity index is 9.61. The fourth-order valence-corrected chi connectivity index (χ4v) is 0. The van der Waals surface area contributed by atoms with Gasteiger partial charge in [-0.2, -0.15) is 0 Å². The van der Waals surface area contributed by atoms with Crippen LogP contribution in [0.1, 0.15) is 0 Å². The summed E-state index contributed by atoms with van der Waals surface area (Å²) in [5, 5.41) is 0. The largest absolute Gasteiger partial charge is 1.00 e. The third kappa shape index (κ3) is 23.8. The Morgan fingerprint density at radius 3 is 1.20 bits per heavy atom. The Morgan fingerprint density at radius 2 is 1.20 bits per heavy atom. The number of rotatable bonds is 0. The van der Waals surface area contributed by atoms with E-state index < -0.39 is 0 Å². The summed E-state index contributed by atoms with van der Waals surface area (Å²) in [4.78, 5) is 0. The third-order valence-electron chi connectivity index (χ3n) is 0. The molecule has 0 spiro atoms. The molecule has 0 saturated heterocycles. The van der Waals surface area contributed by atoms with Crippen molar-refractivity contribution >= 4 is 37.0 Å². The molecule has 0 saturated carbocycles. The Labute approximate surface area is 70.5 Å². The average molecular weight is 190 g/mol. The predicted octanol–water partition coefficient (Wildman–Crippen LogP) is -1.96. The fraction of sp³-hybridized carbons (Fsp3) is 0. The molecule has 0 aliphatic heterocycles. The molecule has 1 nitrogen and oxygen atoms in total. The minimum Gasteiger partial charge on any atom is -0.769 e. The summed E-state index contributed by atoms with van der Waals surface area (Å²) in [6.07, 6.45) is 0. The van der Waals surface area contributed by atoms with Crippen molar-refractivity contribution in [2.75, 3.05) is 0 Å². The van der Waals surface area contributed by atoms with Gasteiger partial charge in [0.2, 0.25) is 0 Å². The van der Waals surface area contributed by atoms with Gasteiger partial charge >= 0.3 is 29.6 Å². The molecule has 0 N–H and O–H groups in total. The molecule has 5 heavy (non-hydrogen) atoms. The van der Waals surface area contributed by atoms with Gasteiger partial charge in [0.15, 0.2) is 0 Å². The number of hydrogen-bond acceptors (Lipinski definition) is 1. The Morgan fingerprint density at radius 1 is 1.20 bits per heavy atom. The molecule has 0 radical (unpaired) electrons. The fourth-order valence-electron chi connectivity index (χ4n) is 0. The second kappa shape index (κ2) is 37.2. The van der Waals surface area contributed by atoms with Gasteiger partial charge in [-0.15, -0.1) is 0 Å². The standard InChI is InChI=1S/BrCl.ClO.Na/c2*1-2;/q;-1;+1. The molecule has 5 heteroatoms. The van der Waals surface area contributed by atoms with Crippen LogP contribution in [0.5, 0.6) is 0 Å². The van der Waals surface area contributed by atoms with E-state index >= 15 is 0 Å². The van der Waals surface area contributed by atoms with Crippen LogP contribution in [0, 0.1) is 0 Å². The molecule has 0 aromatic rings. The first-order chi connectivity index (χ1) is 2.00. The molecule has 0 fully saturated rings. The number of hydrogen-bond donors (Lipinski definition) is 0. The normalized spacial score (nSPS) is 2.40. The summed E-state index contributed by atoms with van der Waals surface area (Å²) in [6, 6.07) is 0. The van der Waals surface area contributed by atoms with Crippen molar-refractivity contribution in [2.24, 2.45) is 0 Å². The van der Waals surface area contributed by atoms with E-state index in [-0.39, 0.29) is 29.6 Å². The van der Waals surface area contributed by atoms with Crippen LogP contribution in [0.25, 0.3) is 0 Å². The molecular formula is BrCl2NaO. The van der Waals surface area contributed by atoms with Crippen LogP contribution < -0.4 is 34.2 Å². The quantitative estimate of drug-likeness (QED) is 0.406. The van der Waals surface area contributed by atoms with Crippen molar-refractivity contribution in [3.63, 3.8) is 0 Å². The maximum atomic E-state index is 7.72. The average Bonchev–Trinajstić information content (AvgIpc) is 1.50. The van der Waals surface area contributed by atoms with Crippen molar-refractivity contribution < 1.29 is 34.2 Å². The van der Waals surface area contributed by atoms with Crippen LogP contribution in [-0.4, -0.2) is 0 Å². The summed E-state index contributed by atoms with van der Waals surface area (Å²) in [6.45, 7) is 0. The van der Waals surface area contributed by atoms with Crippen LogP contribution in [-0.2, 0) is 0 Å². The topological polar surface area (TPSA) is 23.1 Å². The second-order valence-electron chi connectivity index (χ2n) is 0. The van der Waals surface area contributed by atoms with Crippen molar-refractivity contribution in [1.29, 1.82) is 0 Å². The van der Waals surface area contributed by atoms with Crippen molar-refractivity contribution in [2.45, 2.75) is 0 Å². The zero-order valence-corrected chi connectivity index (χ0v) is 7.64. The van der Waals surface area contributed by atoms with E-state index in [0.29, 0.717) is 0 Å². The first-order valence-corrected chi connectivity index (χ1v) is 2.69. The monoisotopic (exact) mass is 188 g/mol. The van der Waals surface area contributed by atoms with E-state index in [9.17, 15) is 0 Å². The molecule has 0 amide bonds. The summed E-state index contributed by atoms with van der Waals surface area (Å²) < 4.78 is 7.72. The smallest absolute Gasteiger partial charge is 0.769 e. The maximum Gasteiger partial charge on any atom is 1.00 e. The Hall–Kier alpha value is 2.02. The molecule has 0 bridgehead atoms. The van der Waals surface area contributed by atoms with Crippen molar-refractivity contribution in [1.82, 2.24) is 0 Å². The molecular weight excluding hydrogens is 190 g/mol. The summed E-state index contributed by atoms with van der Waals surface area (Å²) in [5.74, 6) is 0. The van der Waals surface area contributed by atoms with E-state index in [0.717, 1.165) is 0 Å². The van der Waals surface area contributed by atoms with Crippen LogP contribution in [0.4, 0.5) is 0 Å². The van der Waals surface area contributed by atoms with Gasteiger partial charge in [0.1, 0.15) is 0 Å². The van der Waals surface area contributed by atoms with Gasteiger partial charge in [-0.05, 0) is 10.1 Å². The third-order valence-corrected chi connectivity index (χ3v) is 0. The molecule has 0 atom stereocenters. The first kappa shape index (κ1) is 15.7. The SMILES string of the molecule is ClBr.[Na+].[O-]Cl. The maximum absolute atomic E-state index is 7.72. The van der Waals surface area contributed by atoms with Gasteiger partial charge in [-0.25, -0.2) is 11.9 Å². The van der Waals surface area contributed by atoms with Crippen LogP contribution in [0.3, 0.4) is 0 Å². The van der Waals surface area contributed by atoms with E-state index in [1.165, 1.54) is 0 Å². The van der Waals surface area contributed by atoms with E-state index in [2.05, 4.69) is 37.0 Å². The van der Waals surface area contributed by atoms with Gasteiger partial charge in [0.05, 0.1) is 0 Å². The minimum atomic E-state index is 0. The minimum absolute atomic E-state index is 0. The second-order valence-corrected chi connectivity index (χ2v) is 0. The van der Waals surface area contributed by atoms with Crippen LogP contribution in [0.15, 0.2) is 0 Å². The molecule has 28 valence electrons. The summed E-state index contributed by atoms with van der Waals surface area (Å²) >= 11 is 5.80. The van der Waals surface area contributed by atoms with Gasteiger partial charge in [-0.1, -0.05) is 0 Å². The van der Waals surface area contributed by atoms with Crippen molar-refractivity contribution in [3.05, 3.63) is 0 Å². The molecule has 0 aromatic carbocycles. The number of halogens is 3. The molecule has 0 aliphatic carbocycles. The molecule has 0 aliphatic rings. The van der Waals surface area contributed by atoms with E-state index in [4.69, 9.17) is 4.66 Å². The van der Waals surface area contributed by atoms with Gasteiger partial charge in [0, 0.05) is 15.0 Å². The first-order valence-electron chi connectivity index (χ1n) is 0.297. The van der Waals surface area contributed by atoms with Gasteiger partial charge < -0.3 is 4.66 Å². The Balaban J connectivity index is -0.0000000133. The van der Waals surface area contributed by atoms with Crippen LogP contribution >= 0.6 is 37.0 Å². The molecule has 0 rings (SSSR count). The zero-order valence-electron chi connectivity index (χ0n) is 2.54. The van der Waals surface area contributed by atoms with E-state index in [1.54, 1.807) is 0 Å².